The van der Waals surface area contributed by atoms with Crippen molar-refractivity contribution in [1.29, 1.82) is 0 Å². The van der Waals surface area contributed by atoms with E-state index in [-0.39, 0.29) is 18.6 Å². The van der Waals surface area contributed by atoms with E-state index in [0.717, 1.165) is 19.3 Å². The summed E-state index contributed by atoms with van der Waals surface area (Å²) in [5.74, 6) is 0.756. The van der Waals surface area contributed by atoms with Gasteiger partial charge in [-0.15, -0.1) is 0 Å². The highest BCUT2D eigenvalue weighted by Gasteiger charge is 2.39. The van der Waals surface area contributed by atoms with Gasteiger partial charge in [0.1, 0.15) is 0 Å². The Morgan fingerprint density at radius 1 is 1.08 bits per heavy atom. The van der Waals surface area contributed by atoms with E-state index in [1.165, 1.54) is 0 Å². The zero-order valence-corrected chi connectivity index (χ0v) is 8.08. The van der Waals surface area contributed by atoms with Gasteiger partial charge in [0, 0.05) is 13.2 Å². The Morgan fingerprint density at radius 2 is 1.50 bits per heavy atom. The third-order valence-electron chi connectivity index (χ3n) is 3.65. The van der Waals surface area contributed by atoms with Crippen LogP contribution in [0.25, 0.3) is 0 Å². The Balaban J connectivity index is 2.67. The summed E-state index contributed by atoms with van der Waals surface area (Å²) < 4.78 is 0. The van der Waals surface area contributed by atoms with Gasteiger partial charge in [0.25, 0.3) is 0 Å². The summed E-state index contributed by atoms with van der Waals surface area (Å²) in [5, 5.41) is 18.3. The van der Waals surface area contributed by atoms with E-state index in [0.29, 0.717) is 11.8 Å². The van der Waals surface area contributed by atoms with E-state index in [2.05, 4.69) is 13.8 Å². The van der Waals surface area contributed by atoms with Crippen molar-refractivity contribution in [2.75, 3.05) is 13.2 Å². The SMILES string of the molecule is CC1(C)C(CO)CCCC1CO. The normalized spacial score (nSPS) is 35.0. The van der Waals surface area contributed by atoms with E-state index in [1.54, 1.807) is 0 Å². The molecular formula is C10H20O2. The van der Waals surface area contributed by atoms with Gasteiger partial charge in [-0.3, -0.25) is 0 Å². The molecule has 2 nitrogen and oxygen atoms in total. The molecule has 2 N–H and O–H groups in total. The molecule has 0 aromatic carbocycles. The Hall–Kier alpha value is -0.0800. The summed E-state index contributed by atoms with van der Waals surface area (Å²) in [7, 11) is 0. The molecule has 1 saturated carbocycles. The Bertz CT molecular complexity index is 129. The first-order valence-corrected chi connectivity index (χ1v) is 4.84. The third kappa shape index (κ3) is 1.64. The van der Waals surface area contributed by atoms with Crippen molar-refractivity contribution in [2.45, 2.75) is 33.1 Å². The smallest absolute Gasteiger partial charge is 0.0464 e. The molecule has 0 amide bonds. The number of hydrogen-bond acceptors (Lipinski definition) is 2. The highest BCUT2D eigenvalue weighted by Crippen LogP contribution is 2.44. The predicted molar refractivity (Wildman–Crippen MR) is 48.8 cm³/mol. The van der Waals surface area contributed by atoms with Gasteiger partial charge in [-0.05, 0) is 30.1 Å². The maximum atomic E-state index is 9.16. The van der Waals surface area contributed by atoms with E-state index >= 15 is 0 Å². The molecule has 0 aliphatic heterocycles. The van der Waals surface area contributed by atoms with Crippen LogP contribution in [0.1, 0.15) is 33.1 Å². The predicted octanol–water partition coefficient (Wildman–Crippen LogP) is 1.41. The lowest BCUT2D eigenvalue weighted by Crippen LogP contribution is -2.39. The van der Waals surface area contributed by atoms with Crippen LogP contribution < -0.4 is 0 Å². The first-order valence-electron chi connectivity index (χ1n) is 4.84. The first kappa shape index (κ1) is 10.0. The second-order valence-corrected chi connectivity index (χ2v) is 4.51. The highest BCUT2D eigenvalue weighted by atomic mass is 16.3. The summed E-state index contributed by atoms with van der Waals surface area (Å²) in [6, 6.07) is 0. The topological polar surface area (TPSA) is 40.5 Å². The third-order valence-corrected chi connectivity index (χ3v) is 3.65. The monoisotopic (exact) mass is 172 g/mol. The highest BCUT2D eigenvalue weighted by molar-refractivity contribution is 4.88. The van der Waals surface area contributed by atoms with Crippen molar-refractivity contribution in [2.24, 2.45) is 17.3 Å². The molecule has 72 valence electrons. The van der Waals surface area contributed by atoms with Gasteiger partial charge in [0.05, 0.1) is 0 Å². The van der Waals surface area contributed by atoms with Crippen molar-refractivity contribution in [3.05, 3.63) is 0 Å². The van der Waals surface area contributed by atoms with Crippen LogP contribution in [0.5, 0.6) is 0 Å². The maximum absolute atomic E-state index is 9.16. The zero-order valence-electron chi connectivity index (χ0n) is 8.08. The minimum Gasteiger partial charge on any atom is -0.396 e. The van der Waals surface area contributed by atoms with Crippen LogP contribution in [-0.2, 0) is 0 Å². The molecule has 0 bridgehead atoms. The number of aliphatic hydroxyl groups is 2. The number of aliphatic hydroxyl groups excluding tert-OH is 2. The average Bonchev–Trinajstić information content (AvgIpc) is 2.03. The second kappa shape index (κ2) is 3.75. The molecule has 0 aromatic heterocycles. The van der Waals surface area contributed by atoms with Gasteiger partial charge in [0.15, 0.2) is 0 Å². The minimum absolute atomic E-state index is 0.113. The molecule has 2 heteroatoms. The molecule has 0 spiro atoms. The van der Waals surface area contributed by atoms with Crippen LogP contribution >= 0.6 is 0 Å². The fraction of sp³-hybridized carbons (Fsp3) is 1.00. The van der Waals surface area contributed by atoms with Crippen molar-refractivity contribution in [3.8, 4) is 0 Å². The second-order valence-electron chi connectivity index (χ2n) is 4.51. The van der Waals surface area contributed by atoms with Crippen molar-refractivity contribution in [3.63, 3.8) is 0 Å². The standard InChI is InChI=1S/C10H20O2/c1-10(2)8(6-11)4-3-5-9(10)7-12/h8-9,11-12H,3-7H2,1-2H3. The number of rotatable bonds is 2. The van der Waals surface area contributed by atoms with Crippen molar-refractivity contribution < 1.29 is 10.2 Å². The Kier molecular flexibility index (Phi) is 3.13. The molecule has 2 atom stereocenters. The van der Waals surface area contributed by atoms with E-state index in [1.807, 2.05) is 0 Å². The quantitative estimate of drug-likeness (QED) is 0.661. The molecule has 1 aliphatic carbocycles. The fourth-order valence-corrected chi connectivity index (χ4v) is 2.34. The van der Waals surface area contributed by atoms with Crippen LogP contribution in [0.4, 0.5) is 0 Å². The van der Waals surface area contributed by atoms with Gasteiger partial charge in [0.2, 0.25) is 0 Å². The van der Waals surface area contributed by atoms with Gasteiger partial charge >= 0.3 is 0 Å². The summed E-state index contributed by atoms with van der Waals surface area (Å²) in [4.78, 5) is 0. The summed E-state index contributed by atoms with van der Waals surface area (Å²) in [6.07, 6.45) is 3.37. The summed E-state index contributed by atoms with van der Waals surface area (Å²) >= 11 is 0. The van der Waals surface area contributed by atoms with E-state index < -0.39 is 0 Å². The Morgan fingerprint density at radius 3 is 1.83 bits per heavy atom. The molecule has 0 saturated heterocycles. The van der Waals surface area contributed by atoms with Crippen LogP contribution in [0, 0.1) is 17.3 Å². The molecule has 2 unspecified atom stereocenters. The minimum atomic E-state index is 0.113. The van der Waals surface area contributed by atoms with Crippen LogP contribution in [0.2, 0.25) is 0 Å². The zero-order chi connectivity index (χ0) is 9.19. The summed E-state index contributed by atoms with van der Waals surface area (Å²) in [5.41, 5.74) is 0.113. The molecule has 0 radical (unpaired) electrons. The molecule has 0 aromatic rings. The first-order chi connectivity index (χ1) is 5.62. The molecule has 1 aliphatic rings. The molecule has 1 rings (SSSR count). The van der Waals surface area contributed by atoms with Gasteiger partial charge in [-0.2, -0.15) is 0 Å². The largest absolute Gasteiger partial charge is 0.396 e. The van der Waals surface area contributed by atoms with Crippen LogP contribution in [0.3, 0.4) is 0 Å². The molecule has 0 heterocycles. The Labute approximate surface area is 74.6 Å². The number of hydrogen-bond donors (Lipinski definition) is 2. The fourth-order valence-electron chi connectivity index (χ4n) is 2.34. The van der Waals surface area contributed by atoms with Crippen molar-refractivity contribution in [1.82, 2.24) is 0 Å². The van der Waals surface area contributed by atoms with Crippen molar-refractivity contribution >= 4 is 0 Å². The molecule has 1 fully saturated rings. The van der Waals surface area contributed by atoms with Crippen LogP contribution in [-0.4, -0.2) is 23.4 Å². The average molecular weight is 172 g/mol. The van der Waals surface area contributed by atoms with E-state index in [4.69, 9.17) is 10.2 Å². The van der Waals surface area contributed by atoms with Gasteiger partial charge in [-0.25, -0.2) is 0 Å². The maximum Gasteiger partial charge on any atom is 0.0464 e. The van der Waals surface area contributed by atoms with Crippen LogP contribution in [0.15, 0.2) is 0 Å². The molecule has 12 heavy (non-hydrogen) atoms. The lowest BCUT2D eigenvalue weighted by molar-refractivity contribution is -0.00652. The molecular weight excluding hydrogens is 152 g/mol. The van der Waals surface area contributed by atoms with Gasteiger partial charge in [-0.1, -0.05) is 20.3 Å². The van der Waals surface area contributed by atoms with E-state index in [9.17, 15) is 0 Å². The summed E-state index contributed by atoms with van der Waals surface area (Å²) in [6.45, 7) is 4.86. The lowest BCUT2D eigenvalue weighted by atomic mass is 9.63. The lowest BCUT2D eigenvalue weighted by Gasteiger charge is -2.43. The van der Waals surface area contributed by atoms with Gasteiger partial charge < -0.3 is 10.2 Å².